The van der Waals surface area contributed by atoms with Gasteiger partial charge in [-0.3, -0.25) is 9.59 Å². The highest BCUT2D eigenvalue weighted by Crippen LogP contribution is 2.35. The number of benzene rings is 1. The summed E-state index contributed by atoms with van der Waals surface area (Å²) in [5.41, 5.74) is 0.279. The maximum atomic E-state index is 12.5. The third-order valence-corrected chi connectivity index (χ3v) is 4.56. The van der Waals surface area contributed by atoms with Gasteiger partial charge in [-0.1, -0.05) is 29.0 Å². The molecule has 5 nitrogen and oxygen atoms in total. The number of para-hydroxylation sites is 1. The van der Waals surface area contributed by atoms with Gasteiger partial charge in [0.05, 0.1) is 23.4 Å². The average Bonchev–Trinajstić information content (AvgIpc) is 2.97. The second kappa shape index (κ2) is 6.14. The number of carbonyl (C=O) groups is 2. The number of halogens is 4. The minimum Gasteiger partial charge on any atom is -0.480 e. The Morgan fingerprint density at radius 2 is 2.12 bits per heavy atom. The average molecular weight is 377 g/mol. The number of fused-ring (bicyclic) bond motifs is 1. The molecule has 3 rings (SSSR count). The lowest BCUT2D eigenvalue weighted by atomic mass is 9.97. The van der Waals surface area contributed by atoms with Gasteiger partial charge in [0, 0.05) is 0 Å². The fraction of sp³-hybridized carbons (Fsp3) is 0.286. The summed E-state index contributed by atoms with van der Waals surface area (Å²) in [4.78, 5) is 24.3. The first-order valence-corrected chi connectivity index (χ1v) is 7.86. The van der Waals surface area contributed by atoms with Gasteiger partial charge in [0.1, 0.15) is 10.8 Å². The SMILES string of the molecule is O=C1CC(C(=O)Cc2nnc(C(F)(F)F)s2)Oc2c(Cl)cccc21. The summed E-state index contributed by atoms with van der Waals surface area (Å²) in [7, 11) is 0. The second-order valence-corrected chi connectivity index (χ2v) is 6.46. The van der Waals surface area contributed by atoms with Gasteiger partial charge < -0.3 is 4.74 Å². The van der Waals surface area contributed by atoms with Gasteiger partial charge in [-0.2, -0.15) is 13.2 Å². The molecule has 0 saturated carbocycles. The Morgan fingerprint density at radius 3 is 2.79 bits per heavy atom. The summed E-state index contributed by atoms with van der Waals surface area (Å²) in [6, 6.07) is 4.63. The Balaban J connectivity index is 1.76. The molecule has 126 valence electrons. The van der Waals surface area contributed by atoms with E-state index in [-0.39, 0.29) is 44.9 Å². The smallest absolute Gasteiger partial charge is 0.445 e. The first-order chi connectivity index (χ1) is 11.3. The summed E-state index contributed by atoms with van der Waals surface area (Å²) in [5, 5.41) is 5.35. The molecule has 0 N–H and O–H groups in total. The summed E-state index contributed by atoms with van der Waals surface area (Å²) in [5.74, 6) is -0.758. The molecule has 0 amide bonds. The molecule has 10 heteroatoms. The zero-order valence-corrected chi connectivity index (χ0v) is 13.3. The zero-order valence-electron chi connectivity index (χ0n) is 11.8. The highest BCUT2D eigenvalue weighted by atomic mass is 35.5. The number of ether oxygens (including phenoxy) is 1. The number of hydrogen-bond donors (Lipinski definition) is 0. The predicted molar refractivity (Wildman–Crippen MR) is 78.4 cm³/mol. The van der Waals surface area contributed by atoms with Crippen molar-refractivity contribution in [3.63, 3.8) is 0 Å². The van der Waals surface area contributed by atoms with Crippen molar-refractivity contribution in [1.82, 2.24) is 10.2 Å². The molecule has 0 spiro atoms. The molecule has 1 aromatic carbocycles. The fourth-order valence-electron chi connectivity index (χ4n) is 2.19. The molecule has 0 fully saturated rings. The molecule has 0 radical (unpaired) electrons. The van der Waals surface area contributed by atoms with Crippen molar-refractivity contribution >= 4 is 34.5 Å². The van der Waals surface area contributed by atoms with Crippen LogP contribution in [0.3, 0.4) is 0 Å². The van der Waals surface area contributed by atoms with Crippen molar-refractivity contribution in [1.29, 1.82) is 0 Å². The highest BCUT2D eigenvalue weighted by Gasteiger charge is 2.37. The van der Waals surface area contributed by atoms with Crippen molar-refractivity contribution in [3.05, 3.63) is 38.8 Å². The molecule has 0 aliphatic carbocycles. The topological polar surface area (TPSA) is 69.2 Å². The lowest BCUT2D eigenvalue weighted by molar-refractivity contribution is -0.138. The van der Waals surface area contributed by atoms with E-state index < -0.39 is 29.5 Å². The van der Waals surface area contributed by atoms with Crippen LogP contribution in [-0.2, 0) is 17.4 Å². The highest BCUT2D eigenvalue weighted by molar-refractivity contribution is 7.11. The monoisotopic (exact) mass is 376 g/mol. The third-order valence-electron chi connectivity index (χ3n) is 3.29. The molecule has 2 heterocycles. The number of ketones is 2. The molecular formula is C14H8ClF3N2O3S. The third kappa shape index (κ3) is 3.27. The zero-order chi connectivity index (χ0) is 17.5. The van der Waals surface area contributed by atoms with Gasteiger partial charge in [-0.05, 0) is 12.1 Å². The van der Waals surface area contributed by atoms with E-state index >= 15 is 0 Å². The van der Waals surface area contributed by atoms with E-state index in [0.29, 0.717) is 0 Å². The van der Waals surface area contributed by atoms with Crippen LogP contribution in [0.5, 0.6) is 5.75 Å². The molecule has 24 heavy (non-hydrogen) atoms. The maximum absolute atomic E-state index is 12.5. The normalized spacial score (nSPS) is 17.3. The van der Waals surface area contributed by atoms with Crippen LogP contribution in [0.15, 0.2) is 18.2 Å². The number of hydrogen-bond acceptors (Lipinski definition) is 6. The van der Waals surface area contributed by atoms with Crippen molar-refractivity contribution in [2.45, 2.75) is 25.1 Å². The van der Waals surface area contributed by atoms with Crippen LogP contribution in [0.2, 0.25) is 5.02 Å². The van der Waals surface area contributed by atoms with Crippen molar-refractivity contribution in [3.8, 4) is 5.75 Å². The van der Waals surface area contributed by atoms with Crippen LogP contribution in [0.1, 0.15) is 26.8 Å². The number of carbonyl (C=O) groups excluding carboxylic acids is 2. The molecule has 0 saturated heterocycles. The van der Waals surface area contributed by atoms with E-state index in [1.54, 1.807) is 6.07 Å². The molecule has 2 aromatic rings. The van der Waals surface area contributed by atoms with Crippen LogP contribution in [0, 0.1) is 0 Å². The molecule has 1 unspecified atom stereocenters. The first-order valence-electron chi connectivity index (χ1n) is 6.66. The number of rotatable bonds is 3. The van der Waals surface area contributed by atoms with Crippen LogP contribution >= 0.6 is 22.9 Å². The van der Waals surface area contributed by atoms with E-state index in [4.69, 9.17) is 16.3 Å². The van der Waals surface area contributed by atoms with Crippen LogP contribution < -0.4 is 4.74 Å². The Hall–Kier alpha value is -2.00. The quantitative estimate of drug-likeness (QED) is 0.821. The van der Waals surface area contributed by atoms with Crippen LogP contribution in [0.4, 0.5) is 13.2 Å². The summed E-state index contributed by atoms with van der Waals surface area (Å²) in [6.07, 6.45) is -6.31. The van der Waals surface area contributed by atoms with Crippen LogP contribution in [0.25, 0.3) is 0 Å². The number of nitrogens with zero attached hydrogens (tertiary/aromatic N) is 2. The fourth-order valence-corrected chi connectivity index (χ4v) is 3.13. The number of Topliss-reactive ketones (excluding diaryl/α,β-unsaturated/α-hetero) is 2. The standard InChI is InChI=1S/C14H8ClF3N2O3S/c15-7-3-1-2-6-8(21)4-10(23-12(6)7)9(22)5-11-19-20-13(24-11)14(16,17)18/h1-3,10H,4-5H2. The molecule has 1 aliphatic rings. The first kappa shape index (κ1) is 16.8. The Morgan fingerprint density at radius 1 is 1.38 bits per heavy atom. The molecule has 1 atom stereocenters. The van der Waals surface area contributed by atoms with Gasteiger partial charge in [0.15, 0.2) is 17.7 Å². The molecule has 1 aromatic heterocycles. The van der Waals surface area contributed by atoms with E-state index in [1.807, 2.05) is 0 Å². The van der Waals surface area contributed by atoms with Crippen LogP contribution in [-0.4, -0.2) is 27.9 Å². The largest absolute Gasteiger partial charge is 0.480 e. The summed E-state index contributed by atoms with van der Waals surface area (Å²) >= 11 is 6.24. The van der Waals surface area contributed by atoms with E-state index in [2.05, 4.69) is 10.2 Å². The Kier molecular flexibility index (Phi) is 4.31. The minimum absolute atomic E-state index is 0.0895. The molecule has 0 bridgehead atoms. The predicted octanol–water partition coefficient (Wildman–Crippen LogP) is 3.36. The minimum atomic E-state index is -4.61. The summed E-state index contributed by atoms with van der Waals surface area (Å²) in [6.45, 7) is 0. The van der Waals surface area contributed by atoms with Crippen molar-refractivity contribution in [2.24, 2.45) is 0 Å². The number of alkyl halides is 3. The lowest BCUT2D eigenvalue weighted by Crippen LogP contribution is -2.35. The maximum Gasteiger partial charge on any atom is 0.445 e. The van der Waals surface area contributed by atoms with Crippen molar-refractivity contribution in [2.75, 3.05) is 0 Å². The van der Waals surface area contributed by atoms with Gasteiger partial charge in [0.25, 0.3) is 0 Å². The van der Waals surface area contributed by atoms with Gasteiger partial charge in [-0.15, -0.1) is 10.2 Å². The molecular weight excluding hydrogens is 369 g/mol. The van der Waals surface area contributed by atoms with E-state index in [0.717, 1.165) is 0 Å². The second-order valence-electron chi connectivity index (χ2n) is 4.99. The van der Waals surface area contributed by atoms with Gasteiger partial charge in [-0.25, -0.2) is 0 Å². The van der Waals surface area contributed by atoms with Crippen molar-refractivity contribution < 1.29 is 27.5 Å². The van der Waals surface area contributed by atoms with E-state index in [9.17, 15) is 22.8 Å². The lowest BCUT2D eigenvalue weighted by Gasteiger charge is -2.24. The molecule has 1 aliphatic heterocycles. The summed E-state index contributed by atoms with van der Waals surface area (Å²) < 4.78 is 43.0. The number of aromatic nitrogens is 2. The Labute approximate surface area is 142 Å². The Bertz CT molecular complexity index is 822. The van der Waals surface area contributed by atoms with Gasteiger partial charge in [0.2, 0.25) is 5.01 Å². The van der Waals surface area contributed by atoms with E-state index in [1.165, 1.54) is 12.1 Å². The van der Waals surface area contributed by atoms with Gasteiger partial charge >= 0.3 is 6.18 Å².